The number of ether oxygens (including phenoxy) is 4. The molecule has 11 nitrogen and oxygen atoms in total. The predicted octanol–water partition coefficient (Wildman–Crippen LogP) is 3.12. The van der Waals surface area contributed by atoms with Gasteiger partial charge in [0.2, 0.25) is 5.91 Å². The number of esters is 1. The molecule has 1 unspecified atom stereocenters. The fraction of sp³-hybridized carbons (Fsp3) is 0.643. The number of hydrogen-bond donors (Lipinski definition) is 1. The highest BCUT2D eigenvalue weighted by molar-refractivity contribution is 5.88. The Balaban J connectivity index is 1.47. The van der Waals surface area contributed by atoms with Crippen LogP contribution >= 0.6 is 0 Å². The summed E-state index contributed by atoms with van der Waals surface area (Å²) in [6, 6.07) is 5.08. The molecule has 3 aliphatic heterocycles. The van der Waals surface area contributed by atoms with Crippen LogP contribution in [0.4, 0.5) is 9.59 Å². The molecule has 0 radical (unpaired) electrons. The Morgan fingerprint density at radius 3 is 2.69 bits per heavy atom. The number of rotatable bonds is 1. The van der Waals surface area contributed by atoms with E-state index in [0.29, 0.717) is 26.3 Å². The van der Waals surface area contributed by atoms with Crippen LogP contribution in [0.2, 0.25) is 0 Å². The van der Waals surface area contributed by atoms with Gasteiger partial charge in [-0.1, -0.05) is 44.9 Å². The number of alkyl carbamates (subject to hydrolysis) is 1. The van der Waals surface area contributed by atoms with E-state index < -0.39 is 36.2 Å². The minimum Gasteiger partial charge on any atom is -0.467 e. The van der Waals surface area contributed by atoms with Crippen LogP contribution in [0.5, 0.6) is 0 Å². The largest absolute Gasteiger partial charge is 0.467 e. The van der Waals surface area contributed by atoms with Crippen LogP contribution in [-0.4, -0.2) is 79.4 Å². The lowest BCUT2D eigenvalue weighted by Crippen LogP contribution is -2.46. The fourth-order valence-corrected chi connectivity index (χ4v) is 5.29. The molecule has 2 atom stereocenters. The number of methoxy groups -OCH3 is 1. The molecule has 39 heavy (non-hydrogen) atoms. The summed E-state index contributed by atoms with van der Waals surface area (Å²) in [5, 5.41) is 2.47. The molecule has 1 fully saturated rings. The number of amides is 3. The molecule has 0 aromatic heterocycles. The van der Waals surface area contributed by atoms with Crippen LogP contribution in [0, 0.1) is 5.41 Å². The Hall–Kier alpha value is -3.34. The summed E-state index contributed by atoms with van der Waals surface area (Å²) < 4.78 is 21.9. The summed E-state index contributed by atoms with van der Waals surface area (Å²) >= 11 is 0. The van der Waals surface area contributed by atoms with E-state index in [4.69, 9.17) is 18.9 Å². The number of cyclic esters (lactones) is 1. The summed E-state index contributed by atoms with van der Waals surface area (Å²) in [7, 11) is 1.24. The molecular formula is C28H39N3O8. The first kappa shape index (κ1) is 28.7. The molecule has 0 aliphatic carbocycles. The number of nitrogens with one attached hydrogen (secondary N) is 1. The first-order valence-corrected chi connectivity index (χ1v) is 13.6. The molecule has 11 heteroatoms. The summed E-state index contributed by atoms with van der Waals surface area (Å²) in [5.41, 5.74) is 2.97. The molecule has 1 N–H and O–H groups in total. The van der Waals surface area contributed by atoms with E-state index >= 15 is 0 Å². The second-order valence-corrected chi connectivity index (χ2v) is 11.2. The molecule has 214 valence electrons. The zero-order valence-corrected chi connectivity index (χ0v) is 23.0. The van der Waals surface area contributed by atoms with Crippen LogP contribution in [0.3, 0.4) is 0 Å². The van der Waals surface area contributed by atoms with Gasteiger partial charge in [-0.15, -0.1) is 0 Å². The third-order valence-electron chi connectivity index (χ3n) is 7.54. The lowest BCUT2D eigenvalue weighted by Gasteiger charge is -2.25. The van der Waals surface area contributed by atoms with Crippen molar-refractivity contribution in [1.29, 1.82) is 0 Å². The van der Waals surface area contributed by atoms with Crippen LogP contribution in [-0.2, 0) is 48.2 Å². The predicted molar refractivity (Wildman–Crippen MR) is 139 cm³/mol. The fourth-order valence-electron chi connectivity index (χ4n) is 5.29. The normalized spacial score (nSPS) is 24.9. The van der Waals surface area contributed by atoms with E-state index in [2.05, 4.69) is 5.32 Å². The van der Waals surface area contributed by atoms with Crippen LogP contribution < -0.4 is 5.32 Å². The lowest BCUT2D eigenvalue weighted by molar-refractivity contribution is -0.150. The second-order valence-electron chi connectivity index (χ2n) is 11.2. The van der Waals surface area contributed by atoms with Gasteiger partial charge in [0.15, 0.2) is 0 Å². The highest BCUT2D eigenvalue weighted by atomic mass is 16.6. The van der Waals surface area contributed by atoms with E-state index in [9.17, 15) is 19.2 Å². The minimum absolute atomic E-state index is 0.0218. The molecule has 3 aliphatic rings. The monoisotopic (exact) mass is 545 g/mol. The molecule has 3 heterocycles. The minimum atomic E-state index is -0.915. The lowest BCUT2D eigenvalue weighted by atomic mass is 9.88. The van der Waals surface area contributed by atoms with Crippen molar-refractivity contribution in [3.63, 3.8) is 0 Å². The maximum Gasteiger partial charge on any atom is 0.410 e. The standard InChI is InChI=1S/C28H39N3O8/c1-28(2)10-5-4-6-11-37-17-20-9-7-8-19-14-30(16-22(19)20)27(35)39-21-12-23(25(33)36-3)31(15-21)24(32)13-29-26(34)38-18-28/h7-9,21,23H,4-6,10-18H2,1-3H3,(H,29,34)/t21-,23?/m1/s1. The van der Waals surface area contributed by atoms with Crippen LogP contribution in [0.25, 0.3) is 0 Å². The van der Waals surface area contributed by atoms with Crippen molar-refractivity contribution in [1.82, 2.24) is 15.1 Å². The second kappa shape index (κ2) is 12.7. The molecule has 1 aromatic carbocycles. The zero-order valence-electron chi connectivity index (χ0n) is 23.0. The molecule has 1 aromatic rings. The van der Waals surface area contributed by atoms with Crippen molar-refractivity contribution in [2.75, 3.05) is 33.4 Å². The maximum absolute atomic E-state index is 13.1. The molecule has 3 amide bonds. The summed E-state index contributed by atoms with van der Waals surface area (Å²) in [4.78, 5) is 53.6. The summed E-state index contributed by atoms with van der Waals surface area (Å²) in [6.45, 7) is 5.90. The van der Waals surface area contributed by atoms with Gasteiger partial charge in [-0.05, 0) is 34.9 Å². The Labute approximate surface area is 229 Å². The van der Waals surface area contributed by atoms with Gasteiger partial charge < -0.3 is 29.2 Å². The van der Waals surface area contributed by atoms with Crippen molar-refractivity contribution in [3.8, 4) is 0 Å². The highest BCUT2D eigenvalue weighted by Gasteiger charge is 2.43. The summed E-state index contributed by atoms with van der Waals surface area (Å²) in [6.07, 6.45) is 1.99. The number of carbonyl (C=O) groups excluding carboxylic acids is 4. The Bertz CT molecular complexity index is 1070. The average molecular weight is 546 g/mol. The molecule has 4 rings (SSSR count). The van der Waals surface area contributed by atoms with E-state index in [1.165, 1.54) is 12.0 Å². The zero-order chi connectivity index (χ0) is 28.0. The van der Waals surface area contributed by atoms with Gasteiger partial charge in [-0.25, -0.2) is 14.4 Å². The molecule has 4 bridgehead atoms. The number of hydrogen-bond acceptors (Lipinski definition) is 8. The average Bonchev–Trinajstić information content (AvgIpc) is 3.54. The highest BCUT2D eigenvalue weighted by Crippen LogP contribution is 2.29. The van der Waals surface area contributed by atoms with E-state index in [1.54, 1.807) is 4.90 Å². The molecule has 0 spiro atoms. The van der Waals surface area contributed by atoms with Gasteiger partial charge in [0.05, 0.1) is 33.4 Å². The van der Waals surface area contributed by atoms with Gasteiger partial charge >= 0.3 is 18.2 Å². The quantitative estimate of drug-likeness (QED) is 0.422. The van der Waals surface area contributed by atoms with Crippen LogP contribution in [0.15, 0.2) is 18.2 Å². The van der Waals surface area contributed by atoms with Crippen LogP contribution in [0.1, 0.15) is 62.6 Å². The van der Waals surface area contributed by atoms with E-state index in [-0.39, 0.29) is 31.5 Å². The van der Waals surface area contributed by atoms with Crippen molar-refractivity contribution in [2.24, 2.45) is 5.41 Å². The molecule has 0 saturated carbocycles. The number of fused-ring (bicyclic) bond motifs is 3. The van der Waals surface area contributed by atoms with E-state index in [1.807, 2.05) is 32.0 Å². The van der Waals surface area contributed by atoms with Crippen molar-refractivity contribution < 1.29 is 38.1 Å². The van der Waals surface area contributed by atoms with Crippen molar-refractivity contribution in [2.45, 2.75) is 77.8 Å². The first-order chi connectivity index (χ1) is 18.7. The van der Waals surface area contributed by atoms with Gasteiger partial charge in [0, 0.05) is 19.6 Å². The number of nitrogens with zero attached hydrogens (tertiary/aromatic N) is 2. The maximum atomic E-state index is 13.1. The topological polar surface area (TPSA) is 124 Å². The van der Waals surface area contributed by atoms with Gasteiger partial charge in [-0.2, -0.15) is 0 Å². The molecular weight excluding hydrogens is 506 g/mol. The SMILES string of the molecule is COC(=O)C1C[C@@H]2CN1C(=O)CNC(=O)OCC(C)(C)CCCCCOCc1cccc3c1CN(C3)C(=O)O2. The Morgan fingerprint density at radius 1 is 1.10 bits per heavy atom. The third kappa shape index (κ3) is 7.40. The first-order valence-electron chi connectivity index (χ1n) is 13.6. The van der Waals surface area contributed by atoms with Gasteiger partial charge in [-0.3, -0.25) is 9.69 Å². The number of carbonyl (C=O) groups is 4. The van der Waals surface area contributed by atoms with Gasteiger partial charge in [0.25, 0.3) is 0 Å². The van der Waals surface area contributed by atoms with Gasteiger partial charge in [0.1, 0.15) is 18.7 Å². The van der Waals surface area contributed by atoms with E-state index in [0.717, 1.165) is 42.4 Å². The Morgan fingerprint density at radius 2 is 1.90 bits per heavy atom. The van der Waals surface area contributed by atoms with Crippen molar-refractivity contribution >= 4 is 24.1 Å². The number of benzene rings is 1. The Kier molecular flexibility index (Phi) is 9.32. The van der Waals surface area contributed by atoms with Crippen molar-refractivity contribution in [3.05, 3.63) is 34.9 Å². The summed E-state index contributed by atoms with van der Waals surface area (Å²) in [5.74, 6) is -1.09. The molecule has 1 saturated heterocycles. The third-order valence-corrected chi connectivity index (χ3v) is 7.54. The smallest absolute Gasteiger partial charge is 0.410 e.